The number of thiocarbonyl (C=S) groups is 1. The molecule has 2 rings (SSSR count). The van der Waals surface area contributed by atoms with Gasteiger partial charge in [-0.15, -0.1) is 0 Å². The molecule has 1 atom stereocenters. The van der Waals surface area contributed by atoms with E-state index in [0.717, 1.165) is 48.1 Å². The first kappa shape index (κ1) is 16.8. The van der Waals surface area contributed by atoms with E-state index in [1.807, 2.05) is 12.1 Å². The Hall–Kier alpha value is -1.55. The predicted octanol–water partition coefficient (Wildman–Crippen LogP) is 4.40. The summed E-state index contributed by atoms with van der Waals surface area (Å²) < 4.78 is 5.35. The minimum absolute atomic E-state index is 0.165. The first-order valence-corrected chi connectivity index (χ1v) is 8.32. The molecule has 4 heteroatoms. The van der Waals surface area contributed by atoms with Crippen LogP contribution in [0.5, 0.6) is 5.88 Å². The number of carbonyl (C=O) groups excluding carboxylic acids is 1. The van der Waals surface area contributed by atoms with Gasteiger partial charge in [-0.25, -0.2) is 4.98 Å². The summed E-state index contributed by atoms with van der Waals surface area (Å²) in [4.78, 5) is 17.5. The lowest BCUT2D eigenvalue weighted by atomic mass is 9.88. The number of carbonyl (C=O) groups is 1. The highest BCUT2D eigenvalue weighted by molar-refractivity contribution is 7.80. The smallest absolute Gasteiger partial charge is 0.220 e. The molecular formula is C18H23NO2S. The Morgan fingerprint density at radius 3 is 2.91 bits per heavy atom. The SMILES string of the molecule is CCC1CC/C(c2cccnc2OC)=C\C(=O)CCCC1=S. The number of allylic oxidation sites excluding steroid dienone is 2. The van der Waals surface area contributed by atoms with E-state index in [2.05, 4.69) is 11.9 Å². The first-order valence-electron chi connectivity index (χ1n) is 7.91. The van der Waals surface area contributed by atoms with Crippen molar-refractivity contribution in [3.63, 3.8) is 0 Å². The van der Waals surface area contributed by atoms with Gasteiger partial charge in [-0.1, -0.05) is 19.1 Å². The normalized spacial score (nSPS) is 22.8. The van der Waals surface area contributed by atoms with E-state index in [1.165, 1.54) is 0 Å². The Kier molecular flexibility index (Phi) is 6.25. The summed E-state index contributed by atoms with van der Waals surface area (Å²) in [5.41, 5.74) is 1.93. The van der Waals surface area contributed by atoms with Crippen LogP contribution in [0.15, 0.2) is 24.4 Å². The van der Waals surface area contributed by atoms with E-state index in [0.29, 0.717) is 18.2 Å². The van der Waals surface area contributed by atoms with Gasteiger partial charge in [0.25, 0.3) is 0 Å². The Balaban J connectivity index is 2.33. The van der Waals surface area contributed by atoms with Gasteiger partial charge < -0.3 is 4.74 Å². The van der Waals surface area contributed by atoms with Gasteiger partial charge in [-0.05, 0) is 66.7 Å². The molecule has 118 valence electrons. The molecule has 0 saturated carbocycles. The molecule has 0 spiro atoms. The predicted molar refractivity (Wildman–Crippen MR) is 93.2 cm³/mol. The van der Waals surface area contributed by atoms with Crippen molar-refractivity contribution in [1.82, 2.24) is 4.98 Å². The molecule has 0 N–H and O–H groups in total. The molecule has 1 aromatic heterocycles. The molecule has 1 unspecified atom stereocenters. The van der Waals surface area contributed by atoms with Gasteiger partial charge in [0, 0.05) is 18.2 Å². The number of ether oxygens (including phenoxy) is 1. The second-order valence-electron chi connectivity index (χ2n) is 5.66. The molecule has 3 nitrogen and oxygen atoms in total. The van der Waals surface area contributed by atoms with Crippen molar-refractivity contribution >= 4 is 28.4 Å². The maximum Gasteiger partial charge on any atom is 0.220 e. The van der Waals surface area contributed by atoms with Crippen LogP contribution in [0.1, 0.15) is 51.0 Å². The Labute approximate surface area is 137 Å². The molecule has 0 bridgehead atoms. The molecule has 1 aromatic rings. The number of pyridine rings is 1. The van der Waals surface area contributed by atoms with Crippen molar-refractivity contribution in [2.45, 2.75) is 45.4 Å². The average Bonchev–Trinajstić information content (AvgIpc) is 2.54. The van der Waals surface area contributed by atoms with Crippen LogP contribution in [0.3, 0.4) is 0 Å². The van der Waals surface area contributed by atoms with E-state index in [9.17, 15) is 4.79 Å². The van der Waals surface area contributed by atoms with Gasteiger partial charge in [-0.3, -0.25) is 4.79 Å². The molecule has 0 amide bonds. The fourth-order valence-electron chi connectivity index (χ4n) is 2.91. The van der Waals surface area contributed by atoms with E-state index in [-0.39, 0.29) is 5.78 Å². The lowest BCUT2D eigenvalue weighted by Crippen LogP contribution is -2.14. The van der Waals surface area contributed by atoms with E-state index in [4.69, 9.17) is 17.0 Å². The van der Waals surface area contributed by atoms with E-state index < -0.39 is 0 Å². The van der Waals surface area contributed by atoms with Gasteiger partial charge in [0.2, 0.25) is 5.88 Å². The third-order valence-corrected chi connectivity index (χ3v) is 4.74. The summed E-state index contributed by atoms with van der Waals surface area (Å²) in [6.45, 7) is 2.18. The number of hydrogen-bond donors (Lipinski definition) is 0. The van der Waals surface area contributed by atoms with E-state index in [1.54, 1.807) is 19.4 Å². The molecule has 1 aliphatic carbocycles. The van der Waals surface area contributed by atoms with Crippen molar-refractivity contribution in [2.75, 3.05) is 7.11 Å². The van der Waals surface area contributed by atoms with Crippen LogP contribution in [0, 0.1) is 5.92 Å². The summed E-state index contributed by atoms with van der Waals surface area (Å²) in [6, 6.07) is 3.85. The zero-order valence-corrected chi connectivity index (χ0v) is 14.1. The number of methoxy groups -OCH3 is 1. The van der Waals surface area contributed by atoms with Crippen LogP contribution in [-0.2, 0) is 4.79 Å². The van der Waals surface area contributed by atoms with Crippen LogP contribution in [0.2, 0.25) is 0 Å². The molecule has 0 aliphatic heterocycles. The van der Waals surface area contributed by atoms with Crippen LogP contribution in [0.4, 0.5) is 0 Å². The largest absolute Gasteiger partial charge is 0.481 e. The van der Waals surface area contributed by atoms with Crippen LogP contribution in [0.25, 0.3) is 5.57 Å². The minimum Gasteiger partial charge on any atom is -0.481 e. The summed E-state index contributed by atoms with van der Waals surface area (Å²) in [5, 5.41) is 0. The lowest BCUT2D eigenvalue weighted by molar-refractivity contribution is -0.114. The minimum atomic E-state index is 0.165. The van der Waals surface area contributed by atoms with Crippen molar-refractivity contribution in [3.8, 4) is 5.88 Å². The highest BCUT2D eigenvalue weighted by Crippen LogP contribution is 2.31. The number of aromatic nitrogens is 1. The topological polar surface area (TPSA) is 39.2 Å². The summed E-state index contributed by atoms with van der Waals surface area (Å²) in [5.74, 6) is 1.20. The number of ketones is 1. The quantitative estimate of drug-likeness (QED) is 0.774. The maximum absolute atomic E-state index is 12.2. The zero-order chi connectivity index (χ0) is 15.9. The molecule has 0 aromatic carbocycles. The number of hydrogen-bond acceptors (Lipinski definition) is 4. The standard InChI is InChI=1S/C18H23NO2S/c1-3-13-9-10-14(12-15(20)6-4-8-17(13)22)16-7-5-11-19-18(16)21-2/h5,7,11-13H,3-4,6,8-10H2,1-2H3/b14-12+. The fourth-order valence-corrected chi connectivity index (χ4v) is 3.34. The van der Waals surface area contributed by atoms with Crippen molar-refractivity contribution < 1.29 is 9.53 Å². The highest BCUT2D eigenvalue weighted by atomic mass is 32.1. The van der Waals surface area contributed by atoms with Gasteiger partial charge in [0.1, 0.15) is 0 Å². The Morgan fingerprint density at radius 1 is 1.36 bits per heavy atom. The summed E-state index contributed by atoms with van der Waals surface area (Å²) in [7, 11) is 1.61. The molecule has 1 aliphatic rings. The highest BCUT2D eigenvalue weighted by Gasteiger charge is 2.18. The maximum atomic E-state index is 12.2. The average molecular weight is 317 g/mol. The summed E-state index contributed by atoms with van der Waals surface area (Å²) in [6.07, 6.45) is 8.64. The van der Waals surface area contributed by atoms with Crippen molar-refractivity contribution in [3.05, 3.63) is 30.0 Å². The van der Waals surface area contributed by atoms with Crippen LogP contribution < -0.4 is 4.74 Å². The van der Waals surface area contributed by atoms with Gasteiger partial charge in [0.15, 0.2) is 5.78 Å². The molecule has 0 fully saturated rings. The molecule has 0 saturated heterocycles. The Morgan fingerprint density at radius 2 is 2.18 bits per heavy atom. The molecular weight excluding hydrogens is 294 g/mol. The van der Waals surface area contributed by atoms with Crippen molar-refractivity contribution in [2.24, 2.45) is 5.92 Å². The van der Waals surface area contributed by atoms with Gasteiger partial charge in [0.05, 0.1) is 7.11 Å². The lowest BCUT2D eigenvalue weighted by Gasteiger charge is -2.19. The molecule has 1 heterocycles. The van der Waals surface area contributed by atoms with E-state index >= 15 is 0 Å². The van der Waals surface area contributed by atoms with Gasteiger partial charge in [-0.2, -0.15) is 0 Å². The second-order valence-corrected chi connectivity index (χ2v) is 6.18. The third kappa shape index (κ3) is 4.23. The molecule has 0 radical (unpaired) electrons. The van der Waals surface area contributed by atoms with Gasteiger partial charge >= 0.3 is 0 Å². The number of rotatable bonds is 3. The Bertz CT molecular complexity index is 580. The van der Waals surface area contributed by atoms with Crippen LogP contribution >= 0.6 is 12.2 Å². The molecule has 22 heavy (non-hydrogen) atoms. The third-order valence-electron chi connectivity index (χ3n) is 4.20. The number of nitrogens with zero attached hydrogens (tertiary/aromatic N) is 1. The van der Waals surface area contributed by atoms with Crippen LogP contribution in [-0.4, -0.2) is 22.7 Å². The van der Waals surface area contributed by atoms with Crippen molar-refractivity contribution in [1.29, 1.82) is 0 Å². The summed E-state index contributed by atoms with van der Waals surface area (Å²) >= 11 is 5.55. The first-order chi connectivity index (χ1) is 10.7. The monoisotopic (exact) mass is 317 g/mol. The zero-order valence-electron chi connectivity index (χ0n) is 13.3. The fraction of sp³-hybridized carbons (Fsp3) is 0.500. The second kappa shape index (κ2) is 8.18.